The maximum Gasteiger partial charge on any atom is 0.0947 e. The van der Waals surface area contributed by atoms with Gasteiger partial charge < -0.3 is 10.4 Å². The highest BCUT2D eigenvalue weighted by atomic mass is 16.3. The van der Waals surface area contributed by atoms with Gasteiger partial charge in [0.05, 0.1) is 12.3 Å². The Morgan fingerprint density at radius 3 is 3.00 bits per heavy atom. The molecule has 1 aliphatic carbocycles. The molecule has 78 valence electrons. The zero-order valence-electron chi connectivity index (χ0n) is 8.70. The fourth-order valence-corrected chi connectivity index (χ4v) is 1.88. The molecule has 14 heavy (non-hydrogen) atoms. The SMILES string of the molecule is CNCC(O)c1cnn(C)c1C1CC1. The molecule has 4 heteroatoms. The molecule has 0 saturated heterocycles. The molecule has 2 rings (SSSR count). The summed E-state index contributed by atoms with van der Waals surface area (Å²) in [6, 6.07) is 0. The summed E-state index contributed by atoms with van der Waals surface area (Å²) in [5.41, 5.74) is 2.21. The first-order chi connectivity index (χ1) is 6.74. The van der Waals surface area contributed by atoms with Crippen molar-refractivity contribution in [1.29, 1.82) is 0 Å². The summed E-state index contributed by atoms with van der Waals surface area (Å²) in [5.74, 6) is 0.629. The van der Waals surface area contributed by atoms with Crippen LogP contribution in [-0.2, 0) is 7.05 Å². The maximum atomic E-state index is 9.88. The molecule has 0 bridgehead atoms. The van der Waals surface area contributed by atoms with E-state index in [9.17, 15) is 5.11 Å². The molecular formula is C10H17N3O. The zero-order valence-corrected chi connectivity index (χ0v) is 8.70. The zero-order chi connectivity index (χ0) is 10.1. The van der Waals surface area contributed by atoms with Crippen molar-refractivity contribution in [2.75, 3.05) is 13.6 Å². The Bertz CT molecular complexity index is 317. The molecule has 0 radical (unpaired) electrons. The molecular weight excluding hydrogens is 178 g/mol. The van der Waals surface area contributed by atoms with Gasteiger partial charge in [-0.15, -0.1) is 0 Å². The number of aryl methyl sites for hydroxylation is 1. The number of hydrogen-bond donors (Lipinski definition) is 2. The molecule has 4 nitrogen and oxygen atoms in total. The molecule has 0 spiro atoms. The molecule has 2 N–H and O–H groups in total. The molecule has 0 amide bonds. The van der Waals surface area contributed by atoms with E-state index < -0.39 is 6.10 Å². The quantitative estimate of drug-likeness (QED) is 0.737. The normalized spacial score (nSPS) is 18.5. The van der Waals surface area contributed by atoms with Gasteiger partial charge in [-0.25, -0.2) is 0 Å². The Kier molecular flexibility index (Phi) is 2.56. The standard InChI is InChI=1S/C10H17N3O/c1-11-6-9(14)8-5-12-13(2)10(8)7-3-4-7/h5,7,9,11,14H,3-4,6H2,1-2H3. The average molecular weight is 195 g/mol. The van der Waals surface area contributed by atoms with Gasteiger partial charge >= 0.3 is 0 Å². The number of nitrogens with one attached hydrogen (secondary N) is 1. The summed E-state index contributed by atoms with van der Waals surface area (Å²) in [6.07, 6.45) is 3.83. The molecule has 1 aliphatic rings. The van der Waals surface area contributed by atoms with E-state index in [1.54, 1.807) is 6.20 Å². The van der Waals surface area contributed by atoms with Crippen LogP contribution in [0.25, 0.3) is 0 Å². The third-order valence-electron chi connectivity index (χ3n) is 2.73. The number of aliphatic hydroxyl groups is 1. The summed E-state index contributed by atoms with van der Waals surface area (Å²) in [4.78, 5) is 0. The van der Waals surface area contributed by atoms with Crippen LogP contribution < -0.4 is 5.32 Å². The molecule has 0 aromatic carbocycles. The van der Waals surface area contributed by atoms with E-state index in [2.05, 4.69) is 10.4 Å². The number of aliphatic hydroxyl groups excluding tert-OH is 1. The molecule has 1 unspecified atom stereocenters. The highest BCUT2D eigenvalue weighted by molar-refractivity contribution is 5.27. The van der Waals surface area contributed by atoms with Crippen LogP contribution in [0, 0.1) is 0 Å². The minimum atomic E-state index is -0.427. The van der Waals surface area contributed by atoms with E-state index >= 15 is 0 Å². The van der Waals surface area contributed by atoms with Crippen molar-refractivity contribution in [1.82, 2.24) is 15.1 Å². The van der Waals surface area contributed by atoms with E-state index in [0.29, 0.717) is 12.5 Å². The molecule has 1 aromatic heterocycles. The lowest BCUT2D eigenvalue weighted by Crippen LogP contribution is -2.17. The third kappa shape index (κ3) is 1.67. The minimum absolute atomic E-state index is 0.427. The van der Waals surface area contributed by atoms with Crippen LogP contribution in [0.4, 0.5) is 0 Å². The number of likely N-dealkylation sites (N-methyl/N-ethyl adjacent to an activating group) is 1. The van der Waals surface area contributed by atoms with Gasteiger partial charge in [0.2, 0.25) is 0 Å². The predicted molar refractivity (Wildman–Crippen MR) is 54.1 cm³/mol. The first-order valence-corrected chi connectivity index (χ1v) is 5.08. The molecule has 1 aromatic rings. The van der Waals surface area contributed by atoms with Crippen LogP contribution in [0.15, 0.2) is 6.20 Å². The van der Waals surface area contributed by atoms with Crippen molar-refractivity contribution < 1.29 is 5.11 Å². The van der Waals surface area contributed by atoms with Crippen LogP contribution in [0.3, 0.4) is 0 Å². The molecule has 1 saturated carbocycles. The van der Waals surface area contributed by atoms with E-state index in [0.717, 1.165) is 5.56 Å². The third-order valence-corrected chi connectivity index (χ3v) is 2.73. The van der Waals surface area contributed by atoms with Crippen LogP contribution in [0.2, 0.25) is 0 Å². The summed E-state index contributed by atoms with van der Waals surface area (Å²) in [6.45, 7) is 0.589. The van der Waals surface area contributed by atoms with Crippen LogP contribution >= 0.6 is 0 Å². The van der Waals surface area contributed by atoms with Crippen molar-refractivity contribution in [2.24, 2.45) is 7.05 Å². The molecule has 0 aliphatic heterocycles. The van der Waals surface area contributed by atoms with Gasteiger partial charge in [-0.05, 0) is 19.9 Å². The van der Waals surface area contributed by atoms with Crippen molar-refractivity contribution in [3.05, 3.63) is 17.5 Å². The topological polar surface area (TPSA) is 50.1 Å². The summed E-state index contributed by atoms with van der Waals surface area (Å²) in [7, 11) is 3.79. The van der Waals surface area contributed by atoms with Crippen LogP contribution in [0.1, 0.15) is 36.1 Å². The molecule has 1 heterocycles. The fraction of sp³-hybridized carbons (Fsp3) is 0.700. The fourth-order valence-electron chi connectivity index (χ4n) is 1.88. The van der Waals surface area contributed by atoms with Gasteiger partial charge in [0.25, 0.3) is 0 Å². The number of nitrogens with zero attached hydrogens (tertiary/aromatic N) is 2. The Balaban J connectivity index is 2.23. The average Bonchev–Trinajstić information content (AvgIpc) is 2.90. The molecule has 1 fully saturated rings. The Hall–Kier alpha value is -0.870. The maximum absolute atomic E-state index is 9.88. The smallest absolute Gasteiger partial charge is 0.0947 e. The Morgan fingerprint density at radius 1 is 1.71 bits per heavy atom. The Labute approximate surface area is 83.9 Å². The molecule has 1 atom stereocenters. The summed E-state index contributed by atoms with van der Waals surface area (Å²) < 4.78 is 1.89. The summed E-state index contributed by atoms with van der Waals surface area (Å²) >= 11 is 0. The predicted octanol–water partition coefficient (Wildman–Crippen LogP) is 0.550. The first-order valence-electron chi connectivity index (χ1n) is 5.08. The van der Waals surface area contributed by atoms with Crippen LogP contribution in [-0.4, -0.2) is 28.5 Å². The van der Waals surface area contributed by atoms with Crippen LogP contribution in [0.5, 0.6) is 0 Å². The van der Waals surface area contributed by atoms with E-state index in [-0.39, 0.29) is 0 Å². The monoisotopic (exact) mass is 195 g/mol. The highest BCUT2D eigenvalue weighted by Crippen LogP contribution is 2.42. The second-order valence-electron chi connectivity index (χ2n) is 3.96. The highest BCUT2D eigenvalue weighted by Gasteiger charge is 2.31. The number of rotatable bonds is 4. The van der Waals surface area contributed by atoms with E-state index in [4.69, 9.17) is 0 Å². The van der Waals surface area contributed by atoms with Gasteiger partial charge in [0.15, 0.2) is 0 Å². The lowest BCUT2D eigenvalue weighted by Gasteiger charge is -2.10. The summed E-state index contributed by atoms with van der Waals surface area (Å²) in [5, 5.41) is 17.1. The second kappa shape index (κ2) is 3.71. The first kappa shape index (κ1) is 9.68. The van der Waals surface area contributed by atoms with Gasteiger partial charge in [-0.1, -0.05) is 0 Å². The van der Waals surface area contributed by atoms with Crippen molar-refractivity contribution in [2.45, 2.75) is 24.9 Å². The van der Waals surface area contributed by atoms with E-state index in [1.807, 2.05) is 18.8 Å². The van der Waals surface area contributed by atoms with Gasteiger partial charge in [-0.3, -0.25) is 4.68 Å². The van der Waals surface area contributed by atoms with Gasteiger partial charge in [0, 0.05) is 30.8 Å². The number of hydrogen-bond acceptors (Lipinski definition) is 3. The second-order valence-corrected chi connectivity index (χ2v) is 3.96. The Morgan fingerprint density at radius 2 is 2.43 bits per heavy atom. The van der Waals surface area contributed by atoms with Crippen molar-refractivity contribution in [3.63, 3.8) is 0 Å². The largest absolute Gasteiger partial charge is 0.387 e. The van der Waals surface area contributed by atoms with Crippen molar-refractivity contribution >= 4 is 0 Å². The van der Waals surface area contributed by atoms with Gasteiger partial charge in [-0.2, -0.15) is 5.10 Å². The van der Waals surface area contributed by atoms with Gasteiger partial charge in [0.1, 0.15) is 0 Å². The lowest BCUT2D eigenvalue weighted by atomic mass is 10.1. The minimum Gasteiger partial charge on any atom is -0.387 e. The number of aromatic nitrogens is 2. The van der Waals surface area contributed by atoms with Crippen molar-refractivity contribution in [3.8, 4) is 0 Å². The van der Waals surface area contributed by atoms with E-state index in [1.165, 1.54) is 18.5 Å². The lowest BCUT2D eigenvalue weighted by molar-refractivity contribution is 0.176.